The summed E-state index contributed by atoms with van der Waals surface area (Å²) in [4.78, 5) is 13.5. The molecule has 0 saturated carbocycles. The Kier molecular flexibility index (Phi) is 5.74. The zero-order valence-electron chi connectivity index (χ0n) is 17.7. The average Bonchev–Trinajstić information content (AvgIpc) is 3.35. The van der Waals surface area contributed by atoms with Crippen molar-refractivity contribution >= 4 is 34.1 Å². The fourth-order valence-electron chi connectivity index (χ4n) is 4.24. The molecule has 5 rings (SSSR count). The zero-order chi connectivity index (χ0) is 22.1. The minimum atomic E-state index is -0.0278. The van der Waals surface area contributed by atoms with E-state index in [1.807, 2.05) is 43.5 Å². The zero-order valence-corrected chi connectivity index (χ0v) is 18.4. The third-order valence-electron chi connectivity index (χ3n) is 5.97. The van der Waals surface area contributed by atoms with Gasteiger partial charge in [0.05, 0.1) is 23.8 Å². The van der Waals surface area contributed by atoms with Gasteiger partial charge in [-0.3, -0.25) is 4.98 Å². The van der Waals surface area contributed by atoms with Gasteiger partial charge in [-0.05, 0) is 54.3 Å². The second-order valence-corrected chi connectivity index (χ2v) is 8.41. The van der Waals surface area contributed by atoms with Crippen molar-refractivity contribution in [2.24, 2.45) is 0 Å². The van der Waals surface area contributed by atoms with Crippen LogP contribution >= 0.6 is 11.6 Å². The molecule has 6 nitrogen and oxygen atoms in total. The number of ether oxygens (including phenoxy) is 1. The van der Waals surface area contributed by atoms with Crippen LogP contribution in [-0.4, -0.2) is 33.3 Å². The number of aliphatic hydroxyl groups is 1. The van der Waals surface area contributed by atoms with Gasteiger partial charge in [0.2, 0.25) is 5.95 Å². The lowest BCUT2D eigenvalue weighted by atomic mass is 9.93. The van der Waals surface area contributed by atoms with Crippen LogP contribution in [0.1, 0.15) is 29.0 Å². The molecule has 3 heterocycles. The summed E-state index contributed by atoms with van der Waals surface area (Å²) in [6, 6.07) is 11.8. The fraction of sp³-hybridized carbons (Fsp3) is 0.240. The van der Waals surface area contributed by atoms with Crippen LogP contribution in [0.3, 0.4) is 0 Å². The number of aromatic nitrogens is 3. The largest absolute Gasteiger partial charge is 0.392 e. The summed E-state index contributed by atoms with van der Waals surface area (Å²) in [5.74, 6) is 0.791. The average molecular weight is 447 g/mol. The molecule has 2 aromatic carbocycles. The molecule has 0 bridgehead atoms. The van der Waals surface area contributed by atoms with Crippen molar-refractivity contribution < 1.29 is 9.84 Å². The number of hydrogen-bond donors (Lipinski definition) is 2. The van der Waals surface area contributed by atoms with Gasteiger partial charge in [0.15, 0.2) is 0 Å². The Morgan fingerprint density at radius 1 is 1.16 bits per heavy atom. The number of hydrogen-bond acceptors (Lipinski definition) is 6. The molecule has 2 N–H and O–H groups in total. The SMILES string of the molecule is Cc1ccncc1-c1ccc(Cl)c2cnc(Nc3ccc(C4CCOC4)c(CO)c3)nc12. The van der Waals surface area contributed by atoms with Crippen molar-refractivity contribution in [2.45, 2.75) is 25.9 Å². The molecule has 1 saturated heterocycles. The molecule has 1 unspecified atom stereocenters. The van der Waals surface area contributed by atoms with Gasteiger partial charge in [-0.15, -0.1) is 0 Å². The predicted molar refractivity (Wildman–Crippen MR) is 126 cm³/mol. The molecule has 7 heteroatoms. The standard InChI is InChI=1S/C25H23ClN4O2/c1-15-6-8-27-11-21(15)20-4-5-23(26)22-12-28-25(30-24(20)22)29-18-2-3-19(17(10-18)13-31)16-7-9-32-14-16/h2-6,8,10-12,16,31H,7,9,13-14H2,1H3,(H,28,29,30). The number of benzene rings is 2. The maximum absolute atomic E-state index is 9.91. The molecule has 1 atom stereocenters. The van der Waals surface area contributed by atoms with E-state index in [1.165, 1.54) is 0 Å². The van der Waals surface area contributed by atoms with Crippen molar-refractivity contribution in [3.8, 4) is 11.1 Å². The number of aryl methyl sites for hydroxylation is 1. The third kappa shape index (κ3) is 3.93. The molecule has 4 aromatic rings. The van der Waals surface area contributed by atoms with Gasteiger partial charge in [-0.2, -0.15) is 0 Å². The van der Waals surface area contributed by atoms with Gasteiger partial charge in [-0.25, -0.2) is 9.97 Å². The minimum Gasteiger partial charge on any atom is -0.392 e. The van der Waals surface area contributed by atoms with Crippen LogP contribution in [0, 0.1) is 6.92 Å². The molecular formula is C25H23ClN4O2. The van der Waals surface area contributed by atoms with E-state index in [0.717, 1.165) is 57.4 Å². The van der Waals surface area contributed by atoms with Crippen LogP contribution in [0.15, 0.2) is 55.0 Å². The number of rotatable bonds is 5. The molecule has 32 heavy (non-hydrogen) atoms. The highest BCUT2D eigenvalue weighted by molar-refractivity contribution is 6.35. The monoisotopic (exact) mass is 446 g/mol. The smallest absolute Gasteiger partial charge is 0.227 e. The second kappa shape index (κ2) is 8.82. The molecule has 0 radical (unpaired) electrons. The van der Waals surface area contributed by atoms with Crippen molar-refractivity contribution in [1.29, 1.82) is 0 Å². The molecule has 2 aromatic heterocycles. The van der Waals surface area contributed by atoms with Gasteiger partial charge in [0.25, 0.3) is 0 Å². The Hall–Kier alpha value is -3.06. The number of fused-ring (bicyclic) bond motifs is 1. The Bertz CT molecular complexity index is 1290. The maximum atomic E-state index is 9.91. The first kappa shape index (κ1) is 20.8. The van der Waals surface area contributed by atoms with E-state index in [-0.39, 0.29) is 6.61 Å². The Morgan fingerprint density at radius 3 is 2.84 bits per heavy atom. The van der Waals surface area contributed by atoms with Crippen molar-refractivity contribution in [3.05, 3.63) is 76.7 Å². The molecule has 1 aliphatic heterocycles. The van der Waals surface area contributed by atoms with Gasteiger partial charge in [-0.1, -0.05) is 23.7 Å². The molecule has 162 valence electrons. The van der Waals surface area contributed by atoms with Crippen molar-refractivity contribution in [3.63, 3.8) is 0 Å². The Morgan fingerprint density at radius 2 is 2.06 bits per heavy atom. The normalized spacial score (nSPS) is 15.9. The molecule has 0 amide bonds. The highest BCUT2D eigenvalue weighted by Crippen LogP contribution is 2.34. The number of halogens is 1. The number of nitrogens with zero attached hydrogens (tertiary/aromatic N) is 3. The van der Waals surface area contributed by atoms with E-state index >= 15 is 0 Å². The van der Waals surface area contributed by atoms with Gasteiger partial charge in [0.1, 0.15) is 0 Å². The number of pyridine rings is 1. The molecule has 1 aliphatic rings. The Labute approximate surface area is 191 Å². The molecule has 0 aliphatic carbocycles. The molecular weight excluding hydrogens is 424 g/mol. The lowest BCUT2D eigenvalue weighted by Gasteiger charge is -2.15. The number of nitrogens with one attached hydrogen (secondary N) is 1. The first-order valence-corrected chi connectivity index (χ1v) is 11.0. The number of aliphatic hydroxyl groups excluding tert-OH is 1. The van der Waals surface area contributed by atoms with Crippen LogP contribution in [0.2, 0.25) is 5.02 Å². The van der Waals surface area contributed by atoms with Crippen LogP contribution in [0.25, 0.3) is 22.0 Å². The predicted octanol–water partition coefficient (Wildman–Crippen LogP) is 5.39. The summed E-state index contributed by atoms with van der Waals surface area (Å²) in [7, 11) is 0. The summed E-state index contributed by atoms with van der Waals surface area (Å²) in [5.41, 5.74) is 6.66. The highest BCUT2D eigenvalue weighted by atomic mass is 35.5. The maximum Gasteiger partial charge on any atom is 0.227 e. The molecule has 1 fully saturated rings. The van der Waals surface area contributed by atoms with Crippen molar-refractivity contribution in [1.82, 2.24) is 15.0 Å². The lowest BCUT2D eigenvalue weighted by Crippen LogP contribution is -2.04. The van der Waals surface area contributed by atoms with Crippen LogP contribution in [-0.2, 0) is 11.3 Å². The van der Waals surface area contributed by atoms with Gasteiger partial charge < -0.3 is 15.2 Å². The first-order chi connectivity index (χ1) is 15.6. The van der Waals surface area contributed by atoms with E-state index in [0.29, 0.717) is 23.5 Å². The van der Waals surface area contributed by atoms with Crippen molar-refractivity contribution in [2.75, 3.05) is 18.5 Å². The van der Waals surface area contributed by atoms with E-state index in [4.69, 9.17) is 21.3 Å². The topological polar surface area (TPSA) is 80.2 Å². The summed E-state index contributed by atoms with van der Waals surface area (Å²) >= 11 is 6.43. The van der Waals surface area contributed by atoms with E-state index in [2.05, 4.69) is 21.4 Å². The first-order valence-electron chi connectivity index (χ1n) is 10.6. The van der Waals surface area contributed by atoms with E-state index in [9.17, 15) is 5.11 Å². The quantitative estimate of drug-likeness (QED) is 0.427. The summed E-state index contributed by atoms with van der Waals surface area (Å²) in [6.45, 7) is 3.48. The van der Waals surface area contributed by atoms with Gasteiger partial charge >= 0.3 is 0 Å². The summed E-state index contributed by atoms with van der Waals surface area (Å²) in [5, 5.41) is 14.6. The summed E-state index contributed by atoms with van der Waals surface area (Å²) in [6.07, 6.45) is 6.33. The van der Waals surface area contributed by atoms with Gasteiger partial charge in [0, 0.05) is 53.3 Å². The van der Waals surface area contributed by atoms with Crippen LogP contribution in [0.5, 0.6) is 0 Å². The number of anilines is 2. The second-order valence-electron chi connectivity index (χ2n) is 8.00. The van der Waals surface area contributed by atoms with E-state index < -0.39 is 0 Å². The molecule has 0 spiro atoms. The third-order valence-corrected chi connectivity index (χ3v) is 6.30. The fourth-order valence-corrected chi connectivity index (χ4v) is 4.44. The van der Waals surface area contributed by atoms with Crippen LogP contribution in [0.4, 0.5) is 11.6 Å². The minimum absolute atomic E-state index is 0.0278. The highest BCUT2D eigenvalue weighted by Gasteiger charge is 2.20. The lowest BCUT2D eigenvalue weighted by molar-refractivity contribution is 0.193. The Balaban J connectivity index is 1.53. The van der Waals surface area contributed by atoms with E-state index in [1.54, 1.807) is 12.4 Å². The summed E-state index contributed by atoms with van der Waals surface area (Å²) < 4.78 is 5.51. The van der Waals surface area contributed by atoms with Crippen LogP contribution < -0.4 is 5.32 Å².